The van der Waals surface area contributed by atoms with Crippen molar-refractivity contribution in [1.29, 1.82) is 0 Å². The van der Waals surface area contributed by atoms with Gasteiger partial charge < -0.3 is 10.6 Å². The van der Waals surface area contributed by atoms with Crippen LogP contribution in [0, 0.1) is 11.7 Å². The zero-order valence-corrected chi connectivity index (χ0v) is 17.1. The first-order chi connectivity index (χ1) is 13.9. The van der Waals surface area contributed by atoms with E-state index in [1.54, 1.807) is 12.1 Å². The lowest BCUT2D eigenvalue weighted by molar-refractivity contribution is -0.129. The van der Waals surface area contributed by atoms with Crippen LogP contribution >= 0.6 is 0 Å². The minimum absolute atomic E-state index is 0.0149. The van der Waals surface area contributed by atoms with Gasteiger partial charge in [-0.25, -0.2) is 9.18 Å². The van der Waals surface area contributed by atoms with Gasteiger partial charge in [0.2, 0.25) is 5.91 Å². The highest BCUT2D eigenvalue weighted by Gasteiger charge is 2.42. The Balaban J connectivity index is 1.55. The number of benzene rings is 1. The first kappa shape index (κ1) is 21.3. The highest BCUT2D eigenvalue weighted by Crippen LogP contribution is 2.26. The highest BCUT2D eigenvalue weighted by atomic mass is 19.1. The normalized spacial score (nSPS) is 21.4. The number of carbonyl (C=O) groups is 3. The van der Waals surface area contributed by atoms with Gasteiger partial charge in [-0.05, 0) is 42.9 Å². The van der Waals surface area contributed by atoms with Crippen LogP contribution < -0.4 is 10.6 Å². The summed E-state index contributed by atoms with van der Waals surface area (Å²) < 4.78 is 13.2. The lowest BCUT2D eigenvalue weighted by Gasteiger charge is -2.28. The van der Waals surface area contributed by atoms with Crippen LogP contribution in [-0.4, -0.2) is 34.8 Å². The third-order valence-corrected chi connectivity index (χ3v) is 5.86. The SMILES string of the molecule is CC(C)[C@@H](NC(=O)CC[C@@H]1NC(=O)N(C2CCCCC2)C1=O)c1ccc(F)cc1. The van der Waals surface area contributed by atoms with E-state index in [0.717, 1.165) is 37.7 Å². The molecule has 0 radical (unpaired) electrons. The predicted octanol–water partition coefficient (Wildman–Crippen LogP) is 3.67. The standard InChI is InChI=1S/C22H30FN3O3/c1-14(2)20(15-8-10-16(23)11-9-15)25-19(27)13-12-18-21(28)26(22(29)24-18)17-6-4-3-5-7-17/h8-11,14,17-18,20H,3-7,12-13H2,1-2H3,(H,24,29)(H,25,27)/t18-,20+/m0/s1. The van der Waals surface area contributed by atoms with E-state index in [1.165, 1.54) is 17.0 Å². The summed E-state index contributed by atoms with van der Waals surface area (Å²) in [7, 11) is 0. The third kappa shape index (κ3) is 5.14. The molecule has 2 N–H and O–H groups in total. The van der Waals surface area contributed by atoms with Crippen LogP contribution in [0.1, 0.15) is 70.4 Å². The van der Waals surface area contributed by atoms with E-state index in [0.29, 0.717) is 0 Å². The summed E-state index contributed by atoms with van der Waals surface area (Å²) in [5, 5.41) is 5.71. The van der Waals surface area contributed by atoms with Crippen LogP contribution in [0.3, 0.4) is 0 Å². The molecule has 4 amide bonds. The lowest BCUT2D eigenvalue weighted by atomic mass is 9.94. The highest BCUT2D eigenvalue weighted by molar-refractivity contribution is 6.04. The Labute approximate surface area is 171 Å². The van der Waals surface area contributed by atoms with Crippen molar-refractivity contribution < 1.29 is 18.8 Å². The molecule has 1 aliphatic carbocycles. The average molecular weight is 403 g/mol. The molecule has 6 nitrogen and oxygen atoms in total. The topological polar surface area (TPSA) is 78.5 Å². The van der Waals surface area contributed by atoms with Gasteiger partial charge in [-0.2, -0.15) is 0 Å². The summed E-state index contributed by atoms with van der Waals surface area (Å²) in [6, 6.07) is 4.87. The van der Waals surface area contributed by atoms with E-state index in [4.69, 9.17) is 0 Å². The number of rotatable bonds is 7. The zero-order valence-electron chi connectivity index (χ0n) is 17.1. The molecule has 2 fully saturated rings. The van der Waals surface area contributed by atoms with E-state index < -0.39 is 6.04 Å². The minimum atomic E-state index is -0.640. The van der Waals surface area contributed by atoms with E-state index in [-0.39, 0.29) is 54.5 Å². The molecule has 0 spiro atoms. The molecule has 158 valence electrons. The molecule has 0 unspecified atom stereocenters. The fraction of sp³-hybridized carbons (Fsp3) is 0.591. The molecule has 29 heavy (non-hydrogen) atoms. The molecular weight excluding hydrogens is 373 g/mol. The summed E-state index contributed by atoms with van der Waals surface area (Å²) in [5.74, 6) is -0.598. The third-order valence-electron chi connectivity index (χ3n) is 5.86. The predicted molar refractivity (Wildman–Crippen MR) is 107 cm³/mol. The van der Waals surface area contributed by atoms with Crippen molar-refractivity contribution in [2.45, 2.75) is 76.9 Å². The molecule has 1 saturated carbocycles. The van der Waals surface area contributed by atoms with Crippen molar-refractivity contribution in [1.82, 2.24) is 15.5 Å². The van der Waals surface area contributed by atoms with Gasteiger partial charge in [0.25, 0.3) is 5.91 Å². The van der Waals surface area contributed by atoms with Crippen molar-refractivity contribution >= 4 is 17.8 Å². The maximum absolute atomic E-state index is 13.2. The van der Waals surface area contributed by atoms with Crippen LogP contribution in [0.2, 0.25) is 0 Å². The second kappa shape index (κ2) is 9.37. The van der Waals surface area contributed by atoms with Crippen molar-refractivity contribution in [3.05, 3.63) is 35.6 Å². The molecule has 1 aliphatic heterocycles. The van der Waals surface area contributed by atoms with Crippen molar-refractivity contribution in [2.24, 2.45) is 5.92 Å². The van der Waals surface area contributed by atoms with E-state index >= 15 is 0 Å². The zero-order chi connectivity index (χ0) is 21.0. The van der Waals surface area contributed by atoms with Crippen LogP contribution in [0.25, 0.3) is 0 Å². The van der Waals surface area contributed by atoms with Crippen molar-refractivity contribution in [2.75, 3.05) is 0 Å². The number of halogens is 1. The van der Waals surface area contributed by atoms with E-state index in [9.17, 15) is 18.8 Å². The van der Waals surface area contributed by atoms with Crippen LogP contribution in [0.15, 0.2) is 24.3 Å². The Morgan fingerprint density at radius 2 is 1.83 bits per heavy atom. The number of nitrogens with one attached hydrogen (secondary N) is 2. The molecule has 1 saturated heterocycles. The van der Waals surface area contributed by atoms with E-state index in [2.05, 4.69) is 10.6 Å². The van der Waals surface area contributed by atoms with Crippen molar-refractivity contribution in [3.63, 3.8) is 0 Å². The number of amides is 4. The van der Waals surface area contributed by atoms with Gasteiger partial charge in [-0.1, -0.05) is 45.2 Å². The molecule has 1 aromatic rings. The summed E-state index contributed by atoms with van der Waals surface area (Å²) in [6.45, 7) is 3.97. The molecule has 3 rings (SSSR count). The molecule has 0 aromatic heterocycles. The van der Waals surface area contributed by atoms with Gasteiger partial charge in [0.15, 0.2) is 0 Å². The van der Waals surface area contributed by atoms with Gasteiger partial charge in [0.05, 0.1) is 6.04 Å². The molecule has 1 aromatic carbocycles. The summed E-state index contributed by atoms with van der Waals surface area (Å²) in [6.07, 6.45) is 5.35. The minimum Gasteiger partial charge on any atom is -0.349 e. The number of urea groups is 1. The molecule has 2 atom stereocenters. The summed E-state index contributed by atoms with van der Waals surface area (Å²) >= 11 is 0. The quantitative estimate of drug-likeness (QED) is 0.682. The second-order valence-electron chi connectivity index (χ2n) is 8.38. The van der Waals surface area contributed by atoms with Gasteiger partial charge >= 0.3 is 6.03 Å². The van der Waals surface area contributed by atoms with Crippen LogP contribution in [-0.2, 0) is 9.59 Å². The maximum atomic E-state index is 13.2. The Kier molecular flexibility index (Phi) is 6.87. The molecule has 2 aliphatic rings. The Morgan fingerprint density at radius 1 is 1.17 bits per heavy atom. The molecule has 7 heteroatoms. The maximum Gasteiger partial charge on any atom is 0.325 e. The molecule has 0 bridgehead atoms. The van der Waals surface area contributed by atoms with Gasteiger partial charge in [-0.3, -0.25) is 14.5 Å². The van der Waals surface area contributed by atoms with Gasteiger partial charge in [0, 0.05) is 12.5 Å². The number of carbonyl (C=O) groups excluding carboxylic acids is 3. The number of hydrogen-bond donors (Lipinski definition) is 2. The first-order valence-electron chi connectivity index (χ1n) is 10.5. The fourth-order valence-corrected chi connectivity index (χ4v) is 4.26. The van der Waals surface area contributed by atoms with Gasteiger partial charge in [0.1, 0.15) is 11.9 Å². The second-order valence-corrected chi connectivity index (χ2v) is 8.38. The van der Waals surface area contributed by atoms with Crippen molar-refractivity contribution in [3.8, 4) is 0 Å². The Morgan fingerprint density at radius 3 is 2.45 bits per heavy atom. The number of hydrogen-bond acceptors (Lipinski definition) is 3. The van der Waals surface area contributed by atoms with Gasteiger partial charge in [-0.15, -0.1) is 0 Å². The lowest BCUT2D eigenvalue weighted by Crippen LogP contribution is -2.42. The smallest absolute Gasteiger partial charge is 0.325 e. The number of imide groups is 1. The monoisotopic (exact) mass is 403 g/mol. The average Bonchev–Trinajstić information content (AvgIpc) is 2.99. The fourth-order valence-electron chi connectivity index (χ4n) is 4.26. The van der Waals surface area contributed by atoms with Crippen LogP contribution in [0.4, 0.5) is 9.18 Å². The number of nitrogens with zero attached hydrogens (tertiary/aromatic N) is 1. The Bertz CT molecular complexity index is 744. The largest absolute Gasteiger partial charge is 0.349 e. The summed E-state index contributed by atoms with van der Waals surface area (Å²) in [5.41, 5.74) is 0.837. The first-order valence-corrected chi connectivity index (χ1v) is 10.5. The molecular formula is C22H30FN3O3. The van der Waals surface area contributed by atoms with E-state index in [1.807, 2.05) is 13.8 Å². The Hall–Kier alpha value is -2.44. The molecule has 1 heterocycles. The summed E-state index contributed by atoms with van der Waals surface area (Å²) in [4.78, 5) is 38.8. The van der Waals surface area contributed by atoms with Crippen LogP contribution in [0.5, 0.6) is 0 Å².